The van der Waals surface area contributed by atoms with E-state index >= 15 is 0 Å². The number of aromatic nitrogens is 2. The van der Waals surface area contributed by atoms with E-state index in [1.165, 1.54) is 12.3 Å². The molecule has 0 saturated heterocycles. The third-order valence-electron chi connectivity index (χ3n) is 5.16. The molecule has 0 aliphatic rings. The van der Waals surface area contributed by atoms with Gasteiger partial charge >= 0.3 is 0 Å². The van der Waals surface area contributed by atoms with Crippen molar-refractivity contribution in [1.82, 2.24) is 9.97 Å². The number of halogens is 2. The number of nitrogens with one attached hydrogen (secondary N) is 1. The van der Waals surface area contributed by atoms with Crippen LogP contribution in [-0.4, -0.2) is 37.1 Å². The maximum Gasteiger partial charge on any atom is 0.236 e. The molecule has 1 heterocycles. The zero-order valence-corrected chi connectivity index (χ0v) is 21.0. The van der Waals surface area contributed by atoms with Crippen LogP contribution in [-0.2, 0) is 22.0 Å². The lowest BCUT2D eigenvalue weighted by atomic mass is 9.77. The lowest BCUT2D eigenvalue weighted by Gasteiger charge is -2.27. The Bertz CT molecular complexity index is 1340. The van der Waals surface area contributed by atoms with E-state index in [0.29, 0.717) is 17.0 Å². The summed E-state index contributed by atoms with van der Waals surface area (Å²) < 4.78 is 50.7. The van der Waals surface area contributed by atoms with Gasteiger partial charge in [0.2, 0.25) is 16.0 Å². The van der Waals surface area contributed by atoms with Crippen LogP contribution in [0.1, 0.15) is 36.2 Å². The minimum absolute atomic E-state index is 0.0336. The lowest BCUT2D eigenvalue weighted by Crippen LogP contribution is -2.20. The summed E-state index contributed by atoms with van der Waals surface area (Å²) in [5.74, 6) is -0.00637. The van der Waals surface area contributed by atoms with Crippen LogP contribution in [0.5, 0.6) is 11.5 Å². The SMILES string of the molecule is CC(C)(c1ccc(OCc2ccnc(NS(C)(=O)=O)n2)cc1)c1cc(F)c(OCCCl)c(C#N)c1. The van der Waals surface area contributed by atoms with Crippen molar-refractivity contribution in [2.24, 2.45) is 0 Å². The second-order valence-corrected chi connectivity index (χ2v) is 10.3. The van der Waals surface area contributed by atoms with Crippen molar-refractivity contribution in [2.45, 2.75) is 25.9 Å². The third kappa shape index (κ3) is 6.81. The largest absolute Gasteiger partial charge is 0.488 e. The molecule has 0 amide bonds. The quantitative estimate of drug-likeness (QED) is 0.396. The Morgan fingerprint density at radius 2 is 1.86 bits per heavy atom. The van der Waals surface area contributed by atoms with Gasteiger partial charge < -0.3 is 9.47 Å². The molecule has 0 fully saturated rings. The monoisotopic (exact) mass is 518 g/mol. The summed E-state index contributed by atoms with van der Waals surface area (Å²) in [5.41, 5.74) is 1.48. The molecular formula is C24H24ClFN4O4S. The van der Waals surface area contributed by atoms with Crippen LogP contribution in [0, 0.1) is 17.1 Å². The van der Waals surface area contributed by atoms with Crippen LogP contribution in [0.25, 0.3) is 0 Å². The number of benzene rings is 2. The van der Waals surface area contributed by atoms with Crippen LogP contribution < -0.4 is 14.2 Å². The van der Waals surface area contributed by atoms with E-state index in [0.717, 1.165) is 11.8 Å². The van der Waals surface area contributed by atoms with Crippen molar-refractivity contribution in [3.63, 3.8) is 0 Å². The van der Waals surface area contributed by atoms with Crippen molar-refractivity contribution < 1.29 is 22.3 Å². The normalized spacial score (nSPS) is 11.5. The highest BCUT2D eigenvalue weighted by Crippen LogP contribution is 2.36. The Labute approximate surface area is 208 Å². The zero-order chi connectivity index (χ0) is 25.6. The van der Waals surface area contributed by atoms with Crippen LogP contribution >= 0.6 is 11.6 Å². The average molecular weight is 519 g/mol. The first-order valence-corrected chi connectivity index (χ1v) is 12.9. The predicted molar refractivity (Wildman–Crippen MR) is 131 cm³/mol. The molecule has 0 aliphatic heterocycles. The molecule has 2 aromatic carbocycles. The van der Waals surface area contributed by atoms with Crippen molar-refractivity contribution in [3.8, 4) is 17.6 Å². The second-order valence-electron chi connectivity index (χ2n) is 8.17. The fourth-order valence-corrected chi connectivity index (χ4v) is 3.82. The number of hydrogen-bond acceptors (Lipinski definition) is 7. The fourth-order valence-electron chi connectivity index (χ4n) is 3.31. The van der Waals surface area contributed by atoms with Gasteiger partial charge in [0.15, 0.2) is 11.6 Å². The lowest BCUT2D eigenvalue weighted by molar-refractivity contribution is 0.301. The summed E-state index contributed by atoms with van der Waals surface area (Å²) in [6.07, 6.45) is 2.45. The van der Waals surface area contributed by atoms with Crippen molar-refractivity contribution >= 4 is 27.6 Å². The van der Waals surface area contributed by atoms with E-state index in [1.807, 2.05) is 32.0 Å². The summed E-state index contributed by atoms with van der Waals surface area (Å²) in [5, 5.41) is 9.48. The van der Waals surface area contributed by atoms with E-state index in [9.17, 15) is 18.1 Å². The molecule has 1 aromatic heterocycles. The van der Waals surface area contributed by atoms with Gasteiger partial charge in [0.05, 0.1) is 23.4 Å². The molecule has 3 rings (SSSR count). The number of rotatable bonds is 10. The highest BCUT2D eigenvalue weighted by Gasteiger charge is 2.26. The van der Waals surface area contributed by atoms with Gasteiger partial charge in [0.25, 0.3) is 0 Å². The molecule has 11 heteroatoms. The Morgan fingerprint density at radius 1 is 1.14 bits per heavy atom. The molecule has 0 radical (unpaired) electrons. The van der Waals surface area contributed by atoms with Crippen molar-refractivity contribution in [1.29, 1.82) is 5.26 Å². The molecular weight excluding hydrogens is 495 g/mol. The number of nitriles is 1. The van der Waals surface area contributed by atoms with Crippen LogP contribution in [0.2, 0.25) is 0 Å². The topological polar surface area (TPSA) is 114 Å². The third-order valence-corrected chi connectivity index (χ3v) is 5.87. The van der Waals surface area contributed by atoms with E-state index in [4.69, 9.17) is 21.1 Å². The van der Waals surface area contributed by atoms with Gasteiger partial charge in [-0.15, -0.1) is 11.6 Å². The van der Waals surface area contributed by atoms with Crippen LogP contribution in [0.15, 0.2) is 48.7 Å². The highest BCUT2D eigenvalue weighted by atomic mass is 35.5. The minimum atomic E-state index is -3.49. The average Bonchev–Trinajstić information content (AvgIpc) is 2.81. The zero-order valence-electron chi connectivity index (χ0n) is 19.4. The molecule has 3 aromatic rings. The standard InChI is InChI=1S/C24H24ClFN4O4S/c1-24(2,18-12-16(14-27)22(21(26)13-18)33-11-9-25)17-4-6-20(7-5-17)34-15-19-8-10-28-23(29-19)30-35(3,31)32/h4-8,10,12-13H,9,11,15H2,1-3H3,(H,28,29,30). The van der Waals surface area contributed by atoms with E-state index in [-0.39, 0.29) is 36.4 Å². The van der Waals surface area contributed by atoms with E-state index < -0.39 is 21.3 Å². The number of sulfonamides is 1. The first kappa shape index (κ1) is 26.2. The van der Waals surface area contributed by atoms with Crippen molar-refractivity contribution in [3.05, 3.63) is 76.9 Å². The number of anilines is 1. The van der Waals surface area contributed by atoms with Gasteiger partial charge in [-0.2, -0.15) is 5.26 Å². The first-order chi connectivity index (χ1) is 16.5. The Morgan fingerprint density at radius 3 is 2.49 bits per heavy atom. The Kier molecular flexibility index (Phi) is 8.14. The molecule has 8 nitrogen and oxygen atoms in total. The molecule has 0 aliphatic carbocycles. The maximum absolute atomic E-state index is 14.7. The van der Waals surface area contributed by atoms with Gasteiger partial charge in [-0.25, -0.2) is 22.8 Å². The molecule has 0 bridgehead atoms. The Hall–Kier alpha value is -3.42. The number of nitrogens with zero attached hydrogens (tertiary/aromatic N) is 3. The Balaban J connectivity index is 1.75. The smallest absolute Gasteiger partial charge is 0.236 e. The van der Waals surface area contributed by atoms with E-state index in [2.05, 4.69) is 14.7 Å². The van der Waals surface area contributed by atoms with Crippen LogP contribution in [0.4, 0.5) is 10.3 Å². The number of ether oxygens (including phenoxy) is 2. The van der Waals surface area contributed by atoms with Gasteiger partial charge in [-0.1, -0.05) is 26.0 Å². The van der Waals surface area contributed by atoms with Crippen LogP contribution in [0.3, 0.4) is 0 Å². The van der Waals surface area contributed by atoms with Gasteiger partial charge in [0.1, 0.15) is 25.0 Å². The summed E-state index contributed by atoms with van der Waals surface area (Å²) in [6.45, 7) is 4.05. The fraction of sp³-hybridized carbons (Fsp3) is 0.292. The highest BCUT2D eigenvalue weighted by molar-refractivity contribution is 7.91. The molecule has 1 N–H and O–H groups in total. The second kappa shape index (κ2) is 10.9. The predicted octanol–water partition coefficient (Wildman–Crippen LogP) is 4.38. The molecule has 0 atom stereocenters. The van der Waals surface area contributed by atoms with E-state index in [1.54, 1.807) is 24.3 Å². The minimum Gasteiger partial charge on any atom is -0.488 e. The van der Waals surface area contributed by atoms with Gasteiger partial charge in [-0.3, -0.25) is 4.72 Å². The number of hydrogen-bond donors (Lipinski definition) is 1. The van der Waals surface area contributed by atoms with Crippen molar-refractivity contribution in [2.75, 3.05) is 23.5 Å². The maximum atomic E-state index is 14.7. The van der Waals surface area contributed by atoms with Gasteiger partial charge in [-0.05, 0) is 41.5 Å². The molecule has 0 saturated carbocycles. The molecule has 0 unspecified atom stereocenters. The summed E-state index contributed by atoms with van der Waals surface area (Å²) in [7, 11) is -3.49. The van der Waals surface area contributed by atoms with Gasteiger partial charge in [0, 0.05) is 11.6 Å². The first-order valence-electron chi connectivity index (χ1n) is 10.5. The molecule has 35 heavy (non-hydrogen) atoms. The molecule has 184 valence electrons. The summed E-state index contributed by atoms with van der Waals surface area (Å²) in [4.78, 5) is 7.98. The summed E-state index contributed by atoms with van der Waals surface area (Å²) in [6, 6.07) is 13.8. The number of alkyl halides is 1. The summed E-state index contributed by atoms with van der Waals surface area (Å²) >= 11 is 5.61. The molecule has 0 spiro atoms.